The molecule has 1 saturated heterocycles. The van der Waals surface area contributed by atoms with Crippen molar-refractivity contribution in [1.29, 1.82) is 0 Å². The van der Waals surface area contributed by atoms with Crippen molar-refractivity contribution in [3.05, 3.63) is 35.4 Å². The van der Waals surface area contributed by atoms with Gasteiger partial charge in [0, 0.05) is 6.61 Å². The van der Waals surface area contributed by atoms with E-state index in [1.165, 1.54) is 49.7 Å². The van der Waals surface area contributed by atoms with Crippen LogP contribution in [0.25, 0.3) is 0 Å². The smallest absolute Gasteiger partial charge is 0.0547 e. The molecule has 2 aliphatic rings. The summed E-state index contributed by atoms with van der Waals surface area (Å²) in [4.78, 5) is 0. The summed E-state index contributed by atoms with van der Waals surface area (Å²) in [6.45, 7) is 14.3. The molecule has 2 fully saturated rings. The predicted molar refractivity (Wildman–Crippen MR) is 127 cm³/mol. The van der Waals surface area contributed by atoms with Gasteiger partial charge in [0.1, 0.15) is 0 Å². The highest BCUT2D eigenvalue weighted by atomic mass is 16.5. The standard InChI is InChI=1S/C8H16.C8H10.C7H14O.3CH4/c2*1-7-3-5-8(2)6-4-7;1-6-3-4-7(2)8-5-6;;;/h7-8H,3-6H2,1-2H3;3-6H,1-2H3;6-7H,3-5H2,1-2H3;3*1H4. The fourth-order valence-corrected chi connectivity index (χ4v) is 3.08. The molecule has 1 heteroatoms. The van der Waals surface area contributed by atoms with Gasteiger partial charge in [0.05, 0.1) is 6.10 Å². The van der Waals surface area contributed by atoms with E-state index in [4.69, 9.17) is 4.74 Å². The van der Waals surface area contributed by atoms with Gasteiger partial charge in [-0.2, -0.15) is 0 Å². The molecule has 1 aromatic carbocycles. The van der Waals surface area contributed by atoms with Gasteiger partial charge >= 0.3 is 0 Å². The van der Waals surface area contributed by atoms with Gasteiger partial charge in [-0.1, -0.05) is 104 Å². The van der Waals surface area contributed by atoms with Crippen LogP contribution in [-0.4, -0.2) is 12.7 Å². The van der Waals surface area contributed by atoms with Crippen molar-refractivity contribution in [2.45, 2.75) is 108 Å². The van der Waals surface area contributed by atoms with Crippen LogP contribution in [0.4, 0.5) is 0 Å². The first-order chi connectivity index (χ1) is 11.4. The molecule has 0 aromatic heterocycles. The third-order valence-electron chi connectivity index (χ3n) is 5.25. The normalized spacial score (nSPS) is 26.3. The molecule has 0 spiro atoms. The lowest BCUT2D eigenvalue weighted by molar-refractivity contribution is 0.000267. The molecule has 1 saturated carbocycles. The van der Waals surface area contributed by atoms with Crippen LogP contribution in [0.2, 0.25) is 0 Å². The lowest BCUT2D eigenvalue weighted by Gasteiger charge is -2.23. The Morgan fingerprint density at radius 1 is 0.593 bits per heavy atom. The van der Waals surface area contributed by atoms with Gasteiger partial charge in [-0.15, -0.1) is 0 Å². The second-order valence-corrected chi connectivity index (χ2v) is 8.35. The van der Waals surface area contributed by atoms with Crippen molar-refractivity contribution in [3.63, 3.8) is 0 Å². The minimum Gasteiger partial charge on any atom is -0.378 e. The summed E-state index contributed by atoms with van der Waals surface area (Å²) in [5.41, 5.74) is 2.66. The van der Waals surface area contributed by atoms with E-state index in [0.717, 1.165) is 24.4 Å². The lowest BCUT2D eigenvalue weighted by Crippen LogP contribution is -2.21. The Hall–Kier alpha value is -0.820. The first-order valence-electron chi connectivity index (χ1n) is 10.0. The van der Waals surface area contributed by atoms with Crippen LogP contribution in [0, 0.1) is 31.6 Å². The third-order valence-corrected chi connectivity index (χ3v) is 5.25. The maximum Gasteiger partial charge on any atom is 0.0547 e. The second-order valence-electron chi connectivity index (χ2n) is 8.35. The molecule has 1 heterocycles. The Balaban J connectivity index is -0.000000303. The summed E-state index contributed by atoms with van der Waals surface area (Å²) < 4.78 is 5.39. The molecule has 0 N–H and O–H groups in total. The molecule has 2 atom stereocenters. The zero-order chi connectivity index (χ0) is 17.9. The number of rotatable bonds is 0. The maximum atomic E-state index is 5.39. The van der Waals surface area contributed by atoms with Crippen LogP contribution < -0.4 is 0 Å². The topological polar surface area (TPSA) is 9.23 Å². The average Bonchev–Trinajstić information content (AvgIpc) is 2.57. The van der Waals surface area contributed by atoms with Crippen LogP contribution in [-0.2, 0) is 4.74 Å². The van der Waals surface area contributed by atoms with E-state index in [2.05, 4.69) is 65.8 Å². The monoisotopic (exact) mass is 380 g/mol. The average molecular weight is 381 g/mol. The van der Waals surface area contributed by atoms with E-state index in [0.29, 0.717) is 6.10 Å². The largest absolute Gasteiger partial charge is 0.378 e. The third kappa shape index (κ3) is 15.9. The minimum absolute atomic E-state index is 0. The first-order valence-corrected chi connectivity index (χ1v) is 10.0. The highest BCUT2D eigenvalue weighted by molar-refractivity contribution is 5.19. The highest BCUT2D eigenvalue weighted by Crippen LogP contribution is 2.27. The number of benzene rings is 1. The summed E-state index contributed by atoms with van der Waals surface area (Å²) in [7, 11) is 0. The van der Waals surface area contributed by atoms with Crippen LogP contribution >= 0.6 is 0 Å². The summed E-state index contributed by atoms with van der Waals surface area (Å²) >= 11 is 0. The fraction of sp³-hybridized carbons (Fsp3) is 0.769. The Labute approximate surface area is 173 Å². The summed E-state index contributed by atoms with van der Waals surface area (Å²) in [5.74, 6) is 2.84. The highest BCUT2D eigenvalue weighted by Gasteiger charge is 2.13. The number of hydrogen-bond donors (Lipinski definition) is 0. The number of hydrogen-bond acceptors (Lipinski definition) is 1. The Kier molecular flexibility index (Phi) is 19.8. The molecule has 0 amide bonds. The number of ether oxygens (including phenoxy) is 1. The van der Waals surface area contributed by atoms with E-state index in [9.17, 15) is 0 Å². The van der Waals surface area contributed by atoms with E-state index in [1.54, 1.807) is 0 Å². The molecule has 3 rings (SSSR count). The van der Waals surface area contributed by atoms with Crippen molar-refractivity contribution in [2.75, 3.05) is 6.61 Å². The van der Waals surface area contributed by atoms with Crippen molar-refractivity contribution in [1.82, 2.24) is 0 Å². The SMILES string of the molecule is C.C.C.CC1CCC(C)CC1.CC1CCC(C)OC1.Cc1ccc(C)cc1. The molecular weight excluding hydrogens is 328 g/mol. The van der Waals surface area contributed by atoms with Gasteiger partial charge in [-0.25, -0.2) is 0 Å². The van der Waals surface area contributed by atoms with Crippen LogP contribution in [0.5, 0.6) is 0 Å². The Morgan fingerprint density at radius 3 is 1.19 bits per heavy atom. The molecule has 2 unspecified atom stereocenters. The van der Waals surface area contributed by atoms with E-state index in [1.807, 2.05) is 0 Å². The second kappa shape index (κ2) is 17.3. The van der Waals surface area contributed by atoms with Gasteiger partial charge in [0.15, 0.2) is 0 Å². The summed E-state index contributed by atoms with van der Waals surface area (Å²) in [5, 5.41) is 0. The van der Waals surface area contributed by atoms with Crippen LogP contribution in [0.1, 0.15) is 99.6 Å². The predicted octanol–water partition coefficient (Wildman–Crippen LogP) is 8.87. The van der Waals surface area contributed by atoms with Gasteiger partial charge in [-0.05, 0) is 51.4 Å². The van der Waals surface area contributed by atoms with Crippen molar-refractivity contribution >= 4 is 0 Å². The molecule has 0 radical (unpaired) electrons. The maximum absolute atomic E-state index is 5.39. The Morgan fingerprint density at radius 2 is 0.926 bits per heavy atom. The van der Waals surface area contributed by atoms with Gasteiger partial charge in [-0.3, -0.25) is 0 Å². The lowest BCUT2D eigenvalue weighted by atomic mass is 9.84. The quantitative estimate of drug-likeness (QED) is 0.436. The molecule has 0 bridgehead atoms. The zero-order valence-electron chi connectivity index (χ0n) is 17.0. The Bertz CT molecular complexity index is 345. The molecule has 162 valence electrons. The molecule has 1 aliphatic carbocycles. The number of aryl methyl sites for hydroxylation is 2. The fourth-order valence-electron chi connectivity index (χ4n) is 3.08. The van der Waals surface area contributed by atoms with Gasteiger partial charge < -0.3 is 4.74 Å². The van der Waals surface area contributed by atoms with Crippen LogP contribution in [0.15, 0.2) is 24.3 Å². The summed E-state index contributed by atoms with van der Waals surface area (Å²) in [6, 6.07) is 8.48. The zero-order valence-corrected chi connectivity index (χ0v) is 17.0. The van der Waals surface area contributed by atoms with Gasteiger partial charge in [0.2, 0.25) is 0 Å². The molecule has 27 heavy (non-hydrogen) atoms. The van der Waals surface area contributed by atoms with E-state index >= 15 is 0 Å². The molecule has 1 aromatic rings. The minimum atomic E-state index is 0. The molecule has 1 nitrogen and oxygen atoms in total. The summed E-state index contributed by atoms with van der Waals surface area (Å²) in [6.07, 6.45) is 9.01. The molecular formula is C26H52O. The van der Waals surface area contributed by atoms with Gasteiger partial charge in [0.25, 0.3) is 0 Å². The van der Waals surface area contributed by atoms with Crippen molar-refractivity contribution in [2.24, 2.45) is 17.8 Å². The van der Waals surface area contributed by atoms with Crippen molar-refractivity contribution < 1.29 is 4.74 Å². The van der Waals surface area contributed by atoms with Crippen LogP contribution in [0.3, 0.4) is 0 Å². The van der Waals surface area contributed by atoms with E-state index in [-0.39, 0.29) is 22.3 Å². The molecule has 1 aliphatic heterocycles. The first kappa shape index (κ1) is 30.9. The van der Waals surface area contributed by atoms with Crippen molar-refractivity contribution in [3.8, 4) is 0 Å². The van der Waals surface area contributed by atoms with E-state index < -0.39 is 0 Å².